The minimum Gasteiger partial charge on any atom is -0.495 e. The zero-order valence-corrected chi connectivity index (χ0v) is 16.0. The first kappa shape index (κ1) is 19.0. The lowest BCUT2D eigenvalue weighted by Gasteiger charge is -2.29. The molecule has 0 spiro atoms. The SMILES string of the molecule is CCCCN1C(=O)COc2ccc(NC(=O)c3ccc(OC)c(Cl)c3)cc21. The van der Waals surface area contributed by atoms with Crippen LogP contribution in [0, 0.1) is 0 Å². The van der Waals surface area contributed by atoms with E-state index in [0.717, 1.165) is 12.8 Å². The Morgan fingerprint density at radius 2 is 2.11 bits per heavy atom. The number of carbonyl (C=O) groups is 2. The normalized spacial score (nSPS) is 13.0. The first-order valence-electron chi connectivity index (χ1n) is 8.75. The maximum atomic E-state index is 12.5. The van der Waals surface area contributed by atoms with Crippen LogP contribution in [0.15, 0.2) is 36.4 Å². The van der Waals surface area contributed by atoms with Crippen LogP contribution in [0.25, 0.3) is 0 Å². The van der Waals surface area contributed by atoms with E-state index in [-0.39, 0.29) is 18.4 Å². The summed E-state index contributed by atoms with van der Waals surface area (Å²) in [6.45, 7) is 2.73. The number of unbranched alkanes of at least 4 members (excludes halogenated alkanes) is 1. The van der Waals surface area contributed by atoms with E-state index in [1.54, 1.807) is 41.3 Å². The Hall–Kier alpha value is -2.73. The third-order valence-electron chi connectivity index (χ3n) is 4.31. The second-order valence-electron chi connectivity index (χ2n) is 6.17. The number of rotatable bonds is 6. The molecule has 0 unspecified atom stereocenters. The molecule has 142 valence electrons. The summed E-state index contributed by atoms with van der Waals surface area (Å²) in [7, 11) is 1.52. The number of anilines is 2. The van der Waals surface area contributed by atoms with E-state index in [2.05, 4.69) is 12.2 Å². The number of halogens is 1. The highest BCUT2D eigenvalue weighted by Crippen LogP contribution is 2.35. The number of ether oxygens (including phenoxy) is 2. The molecule has 0 aliphatic carbocycles. The van der Waals surface area contributed by atoms with Gasteiger partial charge in [0.2, 0.25) is 0 Å². The van der Waals surface area contributed by atoms with Gasteiger partial charge in [-0.3, -0.25) is 9.59 Å². The predicted molar refractivity (Wildman–Crippen MR) is 105 cm³/mol. The zero-order valence-electron chi connectivity index (χ0n) is 15.3. The van der Waals surface area contributed by atoms with E-state index >= 15 is 0 Å². The smallest absolute Gasteiger partial charge is 0.265 e. The molecule has 3 rings (SSSR count). The van der Waals surface area contributed by atoms with Crippen LogP contribution >= 0.6 is 11.6 Å². The molecule has 27 heavy (non-hydrogen) atoms. The number of hydrogen-bond acceptors (Lipinski definition) is 4. The van der Waals surface area contributed by atoms with Gasteiger partial charge in [0.25, 0.3) is 11.8 Å². The molecule has 1 aliphatic rings. The van der Waals surface area contributed by atoms with Gasteiger partial charge in [-0.2, -0.15) is 0 Å². The number of hydrogen-bond donors (Lipinski definition) is 1. The van der Waals surface area contributed by atoms with Gasteiger partial charge in [-0.1, -0.05) is 24.9 Å². The Balaban J connectivity index is 1.82. The van der Waals surface area contributed by atoms with Crippen molar-refractivity contribution >= 4 is 34.8 Å². The van der Waals surface area contributed by atoms with Crippen molar-refractivity contribution in [2.24, 2.45) is 0 Å². The quantitative estimate of drug-likeness (QED) is 0.808. The largest absolute Gasteiger partial charge is 0.495 e. The highest BCUT2D eigenvalue weighted by Gasteiger charge is 2.25. The van der Waals surface area contributed by atoms with Crippen LogP contribution in [0.5, 0.6) is 11.5 Å². The number of methoxy groups -OCH3 is 1. The van der Waals surface area contributed by atoms with Crippen molar-refractivity contribution < 1.29 is 19.1 Å². The molecule has 0 bridgehead atoms. The van der Waals surface area contributed by atoms with E-state index in [1.807, 2.05) is 0 Å². The van der Waals surface area contributed by atoms with Crippen LogP contribution < -0.4 is 19.7 Å². The van der Waals surface area contributed by atoms with Gasteiger partial charge < -0.3 is 19.7 Å². The molecular formula is C20H21ClN2O4. The van der Waals surface area contributed by atoms with E-state index in [0.29, 0.717) is 40.0 Å². The number of nitrogens with one attached hydrogen (secondary N) is 1. The summed E-state index contributed by atoms with van der Waals surface area (Å²) in [5.41, 5.74) is 1.66. The highest BCUT2D eigenvalue weighted by molar-refractivity contribution is 6.32. The van der Waals surface area contributed by atoms with Gasteiger partial charge in [0.05, 0.1) is 17.8 Å². The van der Waals surface area contributed by atoms with Crippen LogP contribution in [-0.2, 0) is 4.79 Å². The van der Waals surface area contributed by atoms with Gasteiger partial charge in [0, 0.05) is 17.8 Å². The summed E-state index contributed by atoms with van der Waals surface area (Å²) < 4.78 is 10.6. The maximum Gasteiger partial charge on any atom is 0.265 e. The lowest BCUT2D eigenvalue weighted by Crippen LogP contribution is -2.39. The molecule has 0 radical (unpaired) electrons. The lowest BCUT2D eigenvalue weighted by molar-refractivity contribution is -0.121. The second-order valence-corrected chi connectivity index (χ2v) is 6.58. The van der Waals surface area contributed by atoms with Gasteiger partial charge in [0.15, 0.2) is 6.61 Å². The molecule has 1 N–H and O–H groups in total. The molecule has 0 atom stereocenters. The number of amides is 2. The Morgan fingerprint density at radius 3 is 2.81 bits per heavy atom. The van der Waals surface area contributed by atoms with E-state index < -0.39 is 0 Å². The van der Waals surface area contributed by atoms with Gasteiger partial charge in [-0.25, -0.2) is 0 Å². The number of benzene rings is 2. The van der Waals surface area contributed by atoms with Crippen molar-refractivity contribution in [1.82, 2.24) is 0 Å². The fourth-order valence-electron chi connectivity index (χ4n) is 2.85. The molecule has 1 heterocycles. The highest BCUT2D eigenvalue weighted by atomic mass is 35.5. The number of carbonyl (C=O) groups excluding carboxylic acids is 2. The maximum absolute atomic E-state index is 12.5. The molecule has 2 amide bonds. The van der Waals surface area contributed by atoms with Crippen molar-refractivity contribution in [3.63, 3.8) is 0 Å². The number of nitrogens with zero attached hydrogens (tertiary/aromatic N) is 1. The van der Waals surface area contributed by atoms with E-state index in [9.17, 15) is 9.59 Å². The predicted octanol–water partition coefficient (Wildman–Crippen LogP) is 4.13. The standard InChI is InChI=1S/C20H21ClN2O4/c1-3-4-9-23-16-11-14(6-8-18(16)27-12-19(23)24)22-20(25)13-5-7-17(26-2)15(21)10-13/h5-8,10-11H,3-4,9,12H2,1-2H3,(H,22,25). The Labute approximate surface area is 163 Å². The molecular weight excluding hydrogens is 368 g/mol. The summed E-state index contributed by atoms with van der Waals surface area (Å²) in [5, 5.41) is 3.19. The fraction of sp³-hybridized carbons (Fsp3) is 0.300. The molecule has 7 heteroatoms. The second kappa shape index (κ2) is 8.31. The molecule has 2 aromatic rings. The summed E-state index contributed by atoms with van der Waals surface area (Å²) in [6.07, 6.45) is 1.88. The lowest BCUT2D eigenvalue weighted by atomic mass is 10.1. The average Bonchev–Trinajstić information content (AvgIpc) is 2.67. The van der Waals surface area contributed by atoms with Crippen molar-refractivity contribution in [1.29, 1.82) is 0 Å². The summed E-state index contributed by atoms with van der Waals surface area (Å²) >= 11 is 6.09. The van der Waals surface area contributed by atoms with Crippen LogP contribution in [0.3, 0.4) is 0 Å². The third-order valence-corrected chi connectivity index (χ3v) is 4.60. The zero-order chi connectivity index (χ0) is 19.4. The molecule has 0 saturated heterocycles. The minimum absolute atomic E-state index is 0.0345. The molecule has 1 aliphatic heterocycles. The van der Waals surface area contributed by atoms with Crippen LogP contribution in [-0.4, -0.2) is 32.1 Å². The first-order valence-corrected chi connectivity index (χ1v) is 9.13. The minimum atomic E-state index is -0.303. The van der Waals surface area contributed by atoms with Crippen molar-refractivity contribution in [3.8, 4) is 11.5 Å². The molecule has 0 saturated carbocycles. The Morgan fingerprint density at radius 1 is 1.30 bits per heavy atom. The van der Waals surface area contributed by atoms with Crippen LogP contribution in [0.1, 0.15) is 30.1 Å². The van der Waals surface area contributed by atoms with Crippen LogP contribution in [0.2, 0.25) is 5.02 Å². The fourth-order valence-corrected chi connectivity index (χ4v) is 3.11. The third kappa shape index (κ3) is 4.17. The van der Waals surface area contributed by atoms with Gasteiger partial charge >= 0.3 is 0 Å². The first-order chi connectivity index (χ1) is 13.0. The molecule has 0 aromatic heterocycles. The summed E-state index contributed by atoms with van der Waals surface area (Å²) in [6, 6.07) is 10.1. The van der Waals surface area contributed by atoms with E-state index in [4.69, 9.17) is 21.1 Å². The average molecular weight is 389 g/mol. The van der Waals surface area contributed by atoms with Crippen molar-refractivity contribution in [2.75, 3.05) is 30.5 Å². The van der Waals surface area contributed by atoms with Gasteiger partial charge in [-0.15, -0.1) is 0 Å². The van der Waals surface area contributed by atoms with Gasteiger partial charge in [0.1, 0.15) is 11.5 Å². The van der Waals surface area contributed by atoms with Crippen molar-refractivity contribution in [3.05, 3.63) is 47.0 Å². The molecule has 6 nitrogen and oxygen atoms in total. The number of fused-ring (bicyclic) bond motifs is 1. The topological polar surface area (TPSA) is 67.9 Å². The molecule has 0 fully saturated rings. The van der Waals surface area contributed by atoms with Gasteiger partial charge in [-0.05, 0) is 42.8 Å². The Kier molecular flexibility index (Phi) is 5.86. The van der Waals surface area contributed by atoms with Crippen LogP contribution in [0.4, 0.5) is 11.4 Å². The monoisotopic (exact) mass is 388 g/mol. The van der Waals surface area contributed by atoms with Crippen molar-refractivity contribution in [2.45, 2.75) is 19.8 Å². The molecule has 2 aromatic carbocycles. The Bertz CT molecular complexity index is 869. The summed E-state index contributed by atoms with van der Waals surface area (Å²) in [4.78, 5) is 26.4. The summed E-state index contributed by atoms with van der Waals surface area (Å²) in [5.74, 6) is 0.754. The van der Waals surface area contributed by atoms with E-state index in [1.165, 1.54) is 7.11 Å².